The van der Waals surface area contributed by atoms with E-state index < -0.39 is 5.82 Å². The zero-order valence-electron chi connectivity index (χ0n) is 16.7. The van der Waals surface area contributed by atoms with Gasteiger partial charge in [-0.2, -0.15) is 10.2 Å². The number of halogens is 1. The predicted molar refractivity (Wildman–Crippen MR) is 116 cm³/mol. The molecule has 0 spiro atoms. The van der Waals surface area contributed by atoms with Gasteiger partial charge in [-0.25, -0.2) is 14.4 Å². The van der Waals surface area contributed by atoms with Gasteiger partial charge in [-0.3, -0.25) is 14.8 Å². The second-order valence-corrected chi connectivity index (χ2v) is 7.43. The van der Waals surface area contributed by atoms with E-state index in [-0.39, 0.29) is 5.75 Å². The van der Waals surface area contributed by atoms with Crippen LogP contribution in [0.5, 0.6) is 5.75 Å². The van der Waals surface area contributed by atoms with Crippen LogP contribution < -0.4 is 0 Å². The van der Waals surface area contributed by atoms with Crippen LogP contribution in [-0.4, -0.2) is 45.0 Å². The van der Waals surface area contributed by atoms with Crippen LogP contribution in [0.1, 0.15) is 0 Å². The lowest BCUT2D eigenvalue weighted by atomic mass is 10.1. The van der Waals surface area contributed by atoms with Crippen molar-refractivity contribution in [2.75, 3.05) is 0 Å². The third-order valence-corrected chi connectivity index (χ3v) is 5.25. The average Bonchev–Trinajstić information content (AvgIpc) is 3.49. The molecule has 5 aromatic heterocycles. The van der Waals surface area contributed by atoms with Gasteiger partial charge in [0.15, 0.2) is 11.5 Å². The van der Waals surface area contributed by atoms with E-state index in [1.54, 1.807) is 29.3 Å². The van der Waals surface area contributed by atoms with Gasteiger partial charge in [-0.15, -0.1) is 0 Å². The summed E-state index contributed by atoms with van der Waals surface area (Å²) < 4.78 is 15.6. The largest absolute Gasteiger partial charge is 0.508 e. The van der Waals surface area contributed by atoms with Gasteiger partial charge in [-0.1, -0.05) is 0 Å². The molecule has 0 amide bonds. The van der Waals surface area contributed by atoms with Crippen LogP contribution in [0.15, 0.2) is 55.1 Å². The Morgan fingerprint density at radius 2 is 1.97 bits per heavy atom. The standard InChI is InChI=1S/C22H15FN8O/c1-31-10-12(8-26-31)17-7-16-18(9-25-17)29-30-20(16)22-27-19-15(2-3-24-21(19)28-22)11-4-13(23)6-14(32)5-11/h2-10,32H,1H3,(H,29,30)(H,24,27,28). The predicted octanol–water partition coefficient (Wildman–Crippen LogP) is 3.81. The van der Waals surface area contributed by atoms with Crippen molar-refractivity contribution < 1.29 is 9.50 Å². The first-order chi connectivity index (χ1) is 15.5. The van der Waals surface area contributed by atoms with Gasteiger partial charge < -0.3 is 10.1 Å². The highest BCUT2D eigenvalue weighted by Crippen LogP contribution is 2.33. The third-order valence-electron chi connectivity index (χ3n) is 5.25. The van der Waals surface area contributed by atoms with Crippen molar-refractivity contribution in [1.29, 1.82) is 0 Å². The fraction of sp³-hybridized carbons (Fsp3) is 0.0455. The average molecular weight is 426 g/mol. The third kappa shape index (κ3) is 2.88. The molecular weight excluding hydrogens is 411 g/mol. The van der Waals surface area contributed by atoms with Crippen molar-refractivity contribution in [3.8, 4) is 39.7 Å². The van der Waals surface area contributed by atoms with Crippen molar-refractivity contribution >= 4 is 22.1 Å². The Morgan fingerprint density at radius 1 is 1.06 bits per heavy atom. The molecule has 6 rings (SSSR count). The molecule has 0 radical (unpaired) electrons. The Bertz CT molecular complexity index is 1610. The summed E-state index contributed by atoms with van der Waals surface area (Å²) in [5.74, 6) is -0.181. The van der Waals surface area contributed by atoms with E-state index in [1.807, 2.05) is 19.3 Å². The second-order valence-electron chi connectivity index (χ2n) is 7.43. The zero-order chi connectivity index (χ0) is 21.8. The molecule has 0 aliphatic carbocycles. The first kappa shape index (κ1) is 18.2. The summed E-state index contributed by atoms with van der Waals surface area (Å²) in [6.45, 7) is 0. The number of nitrogens with one attached hydrogen (secondary N) is 2. The van der Waals surface area contributed by atoms with Gasteiger partial charge in [0.05, 0.1) is 23.6 Å². The fourth-order valence-corrected chi connectivity index (χ4v) is 3.79. The highest BCUT2D eigenvalue weighted by molar-refractivity contribution is 5.96. The molecule has 9 nitrogen and oxygen atoms in total. The SMILES string of the molecule is Cn1cc(-c2cc3c(-c4nc5c(-c6cc(O)cc(F)c6)ccnc5[nH]4)n[nH]c3cn2)cn1. The number of aromatic amines is 2. The van der Waals surface area contributed by atoms with Crippen molar-refractivity contribution in [3.63, 3.8) is 0 Å². The number of aryl methyl sites for hydroxylation is 1. The minimum Gasteiger partial charge on any atom is -0.508 e. The summed E-state index contributed by atoms with van der Waals surface area (Å²) in [6, 6.07) is 7.55. The summed E-state index contributed by atoms with van der Waals surface area (Å²) in [7, 11) is 1.85. The van der Waals surface area contributed by atoms with Crippen LogP contribution in [-0.2, 0) is 7.05 Å². The molecule has 6 aromatic rings. The van der Waals surface area contributed by atoms with E-state index in [0.717, 1.165) is 28.2 Å². The van der Waals surface area contributed by atoms with Crippen molar-refractivity contribution in [3.05, 3.63) is 60.9 Å². The number of imidazole rings is 1. The Morgan fingerprint density at radius 3 is 2.78 bits per heavy atom. The molecule has 32 heavy (non-hydrogen) atoms. The number of hydrogen-bond donors (Lipinski definition) is 3. The monoisotopic (exact) mass is 426 g/mol. The summed E-state index contributed by atoms with van der Waals surface area (Å²) in [6.07, 6.45) is 6.96. The van der Waals surface area contributed by atoms with Crippen LogP contribution in [0, 0.1) is 5.82 Å². The molecule has 156 valence electrons. The molecule has 10 heteroatoms. The van der Waals surface area contributed by atoms with Crippen LogP contribution >= 0.6 is 0 Å². The number of benzene rings is 1. The number of hydrogen-bond acceptors (Lipinski definition) is 6. The molecular formula is C22H15FN8O. The molecule has 0 aliphatic rings. The smallest absolute Gasteiger partial charge is 0.160 e. The molecule has 1 aromatic carbocycles. The van der Waals surface area contributed by atoms with Crippen molar-refractivity contribution in [2.24, 2.45) is 7.05 Å². The van der Waals surface area contributed by atoms with Gasteiger partial charge in [0, 0.05) is 42.0 Å². The number of phenols is 1. The molecule has 5 heterocycles. The highest BCUT2D eigenvalue weighted by Gasteiger charge is 2.17. The first-order valence-electron chi connectivity index (χ1n) is 9.73. The quantitative estimate of drug-likeness (QED) is 0.396. The lowest BCUT2D eigenvalue weighted by molar-refractivity contribution is 0.469. The fourth-order valence-electron chi connectivity index (χ4n) is 3.79. The molecule has 0 aliphatic heterocycles. The first-order valence-corrected chi connectivity index (χ1v) is 9.73. The van der Waals surface area contributed by atoms with Gasteiger partial charge in [-0.05, 0) is 29.8 Å². The van der Waals surface area contributed by atoms with E-state index in [0.29, 0.717) is 33.8 Å². The molecule has 0 fully saturated rings. The van der Waals surface area contributed by atoms with Gasteiger partial charge in [0.2, 0.25) is 0 Å². The van der Waals surface area contributed by atoms with Crippen LogP contribution in [0.25, 0.3) is 56.0 Å². The van der Waals surface area contributed by atoms with Gasteiger partial charge in [0.25, 0.3) is 0 Å². The number of aromatic nitrogens is 8. The summed E-state index contributed by atoms with van der Waals surface area (Å²) in [4.78, 5) is 16.7. The van der Waals surface area contributed by atoms with Crippen LogP contribution in [0.3, 0.4) is 0 Å². The molecule has 0 unspecified atom stereocenters. The number of fused-ring (bicyclic) bond motifs is 2. The number of nitrogens with zero attached hydrogens (tertiary/aromatic N) is 6. The van der Waals surface area contributed by atoms with Crippen molar-refractivity contribution in [2.45, 2.75) is 0 Å². The minimum absolute atomic E-state index is 0.158. The van der Waals surface area contributed by atoms with Crippen LogP contribution in [0.4, 0.5) is 4.39 Å². The zero-order valence-corrected chi connectivity index (χ0v) is 16.7. The maximum absolute atomic E-state index is 13.9. The summed E-state index contributed by atoms with van der Waals surface area (Å²) in [5, 5.41) is 22.3. The number of phenolic OH excluding ortho intramolecular Hbond substituents is 1. The number of H-pyrrole nitrogens is 2. The minimum atomic E-state index is -0.533. The molecule has 0 atom stereocenters. The van der Waals surface area contributed by atoms with Crippen LogP contribution in [0.2, 0.25) is 0 Å². The Kier molecular flexibility index (Phi) is 3.81. The molecule has 3 N–H and O–H groups in total. The normalized spacial score (nSPS) is 11.6. The van der Waals surface area contributed by atoms with Crippen molar-refractivity contribution in [1.82, 2.24) is 39.9 Å². The van der Waals surface area contributed by atoms with E-state index >= 15 is 0 Å². The maximum Gasteiger partial charge on any atom is 0.160 e. The Labute approximate surface area is 179 Å². The van der Waals surface area contributed by atoms with Gasteiger partial charge >= 0.3 is 0 Å². The Hall–Kier alpha value is -4.60. The van der Waals surface area contributed by atoms with Gasteiger partial charge in [0.1, 0.15) is 22.8 Å². The summed E-state index contributed by atoms with van der Waals surface area (Å²) in [5.41, 5.74) is 5.24. The number of aromatic hydroxyl groups is 1. The lowest BCUT2D eigenvalue weighted by Gasteiger charge is -2.03. The number of pyridine rings is 2. The van der Waals surface area contributed by atoms with E-state index in [1.165, 1.54) is 12.1 Å². The maximum atomic E-state index is 13.9. The van der Waals surface area contributed by atoms with E-state index in [4.69, 9.17) is 4.98 Å². The molecule has 0 saturated carbocycles. The Balaban J connectivity index is 1.51. The topological polar surface area (TPSA) is 121 Å². The highest BCUT2D eigenvalue weighted by atomic mass is 19.1. The number of rotatable bonds is 3. The molecule has 0 bridgehead atoms. The molecule has 0 saturated heterocycles. The lowest BCUT2D eigenvalue weighted by Crippen LogP contribution is -1.86. The van der Waals surface area contributed by atoms with E-state index in [9.17, 15) is 9.50 Å². The second kappa shape index (κ2) is 6.71. The summed E-state index contributed by atoms with van der Waals surface area (Å²) >= 11 is 0. The van der Waals surface area contributed by atoms with E-state index in [2.05, 4.69) is 30.2 Å².